The predicted molar refractivity (Wildman–Crippen MR) is 101 cm³/mol. The Labute approximate surface area is 155 Å². The molecule has 0 unspecified atom stereocenters. The summed E-state index contributed by atoms with van der Waals surface area (Å²) in [5.74, 6) is -0.506. The Morgan fingerprint density at radius 2 is 1.89 bits per heavy atom. The molecule has 4 rings (SSSR count). The smallest absolute Gasteiger partial charge is 0.326 e. The molecule has 2 heterocycles. The Balaban J connectivity index is 1.54. The maximum absolute atomic E-state index is 12.6. The molecule has 0 aliphatic carbocycles. The number of fused-ring (bicyclic) bond motifs is 3. The largest absolute Gasteiger partial charge is 0.459 e. The maximum atomic E-state index is 12.6. The molecule has 0 saturated heterocycles. The van der Waals surface area contributed by atoms with Gasteiger partial charge in [0.25, 0.3) is 5.56 Å². The van der Waals surface area contributed by atoms with Crippen molar-refractivity contribution in [3.63, 3.8) is 0 Å². The van der Waals surface area contributed by atoms with E-state index in [0.29, 0.717) is 11.1 Å². The van der Waals surface area contributed by atoms with E-state index in [1.165, 1.54) is 10.9 Å². The van der Waals surface area contributed by atoms with Crippen LogP contribution in [0.2, 0.25) is 0 Å². The SMILES string of the molecule is Cc1cc(C)cc(COC(=O)Cn2cnc3c(oc4ccccc43)c2=O)c1. The van der Waals surface area contributed by atoms with Gasteiger partial charge >= 0.3 is 5.97 Å². The zero-order chi connectivity index (χ0) is 19.0. The molecular weight excluding hydrogens is 344 g/mol. The second-order valence-electron chi connectivity index (χ2n) is 6.61. The number of para-hydroxylation sites is 1. The highest BCUT2D eigenvalue weighted by atomic mass is 16.5. The van der Waals surface area contributed by atoms with Crippen LogP contribution in [0.15, 0.2) is 58.0 Å². The molecule has 0 saturated carbocycles. The van der Waals surface area contributed by atoms with Gasteiger partial charge in [0.05, 0.1) is 6.33 Å². The molecule has 0 bridgehead atoms. The Hall–Kier alpha value is -3.41. The molecule has 0 amide bonds. The minimum Gasteiger partial charge on any atom is -0.459 e. The van der Waals surface area contributed by atoms with Gasteiger partial charge in [-0.15, -0.1) is 0 Å². The average Bonchev–Trinajstić information content (AvgIpc) is 3.01. The Kier molecular flexibility index (Phi) is 4.24. The van der Waals surface area contributed by atoms with Gasteiger partial charge in [-0.05, 0) is 31.5 Å². The van der Waals surface area contributed by atoms with Crippen molar-refractivity contribution in [2.24, 2.45) is 0 Å². The van der Waals surface area contributed by atoms with Gasteiger partial charge in [0.2, 0.25) is 5.58 Å². The number of furan rings is 1. The number of aryl methyl sites for hydroxylation is 2. The molecule has 6 nitrogen and oxygen atoms in total. The third-order valence-corrected chi connectivity index (χ3v) is 4.33. The number of nitrogens with zero attached hydrogens (tertiary/aromatic N) is 2. The number of rotatable bonds is 4. The number of ether oxygens (including phenoxy) is 1. The van der Waals surface area contributed by atoms with Gasteiger partial charge in [-0.25, -0.2) is 4.98 Å². The first-order chi connectivity index (χ1) is 13.0. The van der Waals surface area contributed by atoms with Crippen LogP contribution in [0.25, 0.3) is 22.1 Å². The van der Waals surface area contributed by atoms with Crippen molar-refractivity contribution in [1.29, 1.82) is 0 Å². The topological polar surface area (TPSA) is 74.3 Å². The summed E-state index contributed by atoms with van der Waals surface area (Å²) in [6.45, 7) is 3.93. The van der Waals surface area contributed by atoms with Crippen LogP contribution in [0.1, 0.15) is 16.7 Å². The van der Waals surface area contributed by atoms with E-state index in [0.717, 1.165) is 22.1 Å². The summed E-state index contributed by atoms with van der Waals surface area (Å²) in [5.41, 5.74) is 3.95. The molecule has 0 spiro atoms. The van der Waals surface area contributed by atoms with Crippen molar-refractivity contribution in [3.05, 3.63) is 75.8 Å². The molecule has 0 aliphatic heterocycles. The Morgan fingerprint density at radius 1 is 1.15 bits per heavy atom. The summed E-state index contributed by atoms with van der Waals surface area (Å²) < 4.78 is 12.1. The molecule has 0 atom stereocenters. The van der Waals surface area contributed by atoms with Crippen molar-refractivity contribution in [1.82, 2.24) is 9.55 Å². The lowest BCUT2D eigenvalue weighted by atomic mass is 10.1. The molecule has 0 fully saturated rings. The molecule has 0 radical (unpaired) electrons. The number of esters is 1. The van der Waals surface area contributed by atoms with Gasteiger partial charge < -0.3 is 9.15 Å². The number of aromatic nitrogens is 2. The predicted octanol–water partition coefficient (Wildman–Crippen LogP) is 3.50. The third kappa shape index (κ3) is 3.33. The third-order valence-electron chi connectivity index (χ3n) is 4.33. The number of hydrogen-bond donors (Lipinski definition) is 0. The minimum atomic E-state index is -0.506. The lowest BCUT2D eigenvalue weighted by molar-refractivity contribution is -0.145. The zero-order valence-electron chi connectivity index (χ0n) is 15.1. The molecule has 2 aromatic heterocycles. The van der Waals surface area contributed by atoms with E-state index in [4.69, 9.17) is 9.15 Å². The molecule has 2 aromatic carbocycles. The van der Waals surface area contributed by atoms with Crippen molar-refractivity contribution in [2.75, 3.05) is 0 Å². The highest BCUT2D eigenvalue weighted by Crippen LogP contribution is 2.24. The summed E-state index contributed by atoms with van der Waals surface area (Å²) in [5, 5.41) is 0.772. The fourth-order valence-corrected chi connectivity index (χ4v) is 3.23. The standard InChI is InChI=1S/C21H18N2O4/c1-13-7-14(2)9-15(8-13)11-26-18(24)10-23-12-22-19-16-5-3-4-6-17(16)27-20(19)21(23)25/h3-9,12H,10-11H2,1-2H3. The van der Waals surface area contributed by atoms with Crippen LogP contribution in [-0.4, -0.2) is 15.5 Å². The van der Waals surface area contributed by atoms with E-state index < -0.39 is 11.5 Å². The van der Waals surface area contributed by atoms with E-state index in [1.807, 2.05) is 44.2 Å². The van der Waals surface area contributed by atoms with E-state index in [2.05, 4.69) is 11.1 Å². The van der Waals surface area contributed by atoms with Crippen LogP contribution in [0.3, 0.4) is 0 Å². The van der Waals surface area contributed by atoms with Gasteiger partial charge in [0, 0.05) is 5.39 Å². The highest BCUT2D eigenvalue weighted by molar-refractivity contribution is 6.01. The average molecular weight is 362 g/mol. The minimum absolute atomic E-state index is 0.140. The first kappa shape index (κ1) is 17.0. The quantitative estimate of drug-likeness (QED) is 0.520. The number of benzene rings is 2. The van der Waals surface area contributed by atoms with Crippen LogP contribution in [-0.2, 0) is 22.7 Å². The fraction of sp³-hybridized carbons (Fsp3) is 0.190. The van der Waals surface area contributed by atoms with Crippen molar-refractivity contribution in [3.8, 4) is 0 Å². The Morgan fingerprint density at radius 3 is 2.67 bits per heavy atom. The molecule has 27 heavy (non-hydrogen) atoms. The van der Waals surface area contributed by atoms with Crippen LogP contribution in [0.4, 0.5) is 0 Å². The second kappa shape index (κ2) is 6.72. The summed E-state index contributed by atoms with van der Waals surface area (Å²) in [4.78, 5) is 29.1. The van der Waals surface area contributed by atoms with Gasteiger partial charge in [0.1, 0.15) is 24.3 Å². The van der Waals surface area contributed by atoms with Gasteiger partial charge in [-0.1, -0.05) is 41.5 Å². The van der Waals surface area contributed by atoms with Crippen LogP contribution in [0.5, 0.6) is 0 Å². The molecule has 6 heteroatoms. The number of hydrogen-bond acceptors (Lipinski definition) is 5. The maximum Gasteiger partial charge on any atom is 0.326 e. The lowest BCUT2D eigenvalue weighted by Gasteiger charge is -2.08. The van der Waals surface area contributed by atoms with E-state index >= 15 is 0 Å². The van der Waals surface area contributed by atoms with Crippen LogP contribution >= 0.6 is 0 Å². The normalized spacial score (nSPS) is 11.2. The zero-order valence-corrected chi connectivity index (χ0v) is 15.1. The molecule has 4 aromatic rings. The van der Waals surface area contributed by atoms with Crippen molar-refractivity contribution in [2.45, 2.75) is 27.0 Å². The first-order valence-corrected chi connectivity index (χ1v) is 8.61. The van der Waals surface area contributed by atoms with Crippen LogP contribution < -0.4 is 5.56 Å². The second-order valence-corrected chi connectivity index (χ2v) is 6.61. The number of carbonyl (C=O) groups is 1. The lowest BCUT2D eigenvalue weighted by Crippen LogP contribution is -2.25. The summed E-state index contributed by atoms with van der Waals surface area (Å²) in [6.07, 6.45) is 1.35. The van der Waals surface area contributed by atoms with Crippen LogP contribution in [0, 0.1) is 13.8 Å². The number of carbonyl (C=O) groups excluding carboxylic acids is 1. The summed E-state index contributed by atoms with van der Waals surface area (Å²) in [6, 6.07) is 13.3. The molecule has 136 valence electrons. The van der Waals surface area contributed by atoms with Crippen molar-refractivity contribution < 1.29 is 13.9 Å². The highest BCUT2D eigenvalue weighted by Gasteiger charge is 2.15. The fourth-order valence-electron chi connectivity index (χ4n) is 3.23. The molecule has 0 N–H and O–H groups in total. The van der Waals surface area contributed by atoms with E-state index in [9.17, 15) is 9.59 Å². The monoisotopic (exact) mass is 362 g/mol. The van der Waals surface area contributed by atoms with E-state index in [-0.39, 0.29) is 18.7 Å². The summed E-state index contributed by atoms with van der Waals surface area (Å²) >= 11 is 0. The van der Waals surface area contributed by atoms with Gasteiger partial charge in [0.15, 0.2) is 0 Å². The molecule has 0 aliphatic rings. The van der Waals surface area contributed by atoms with Gasteiger partial charge in [-0.3, -0.25) is 14.2 Å². The van der Waals surface area contributed by atoms with E-state index in [1.54, 1.807) is 6.07 Å². The summed E-state index contributed by atoms with van der Waals surface area (Å²) in [7, 11) is 0. The van der Waals surface area contributed by atoms with Gasteiger partial charge in [-0.2, -0.15) is 0 Å². The molecular formula is C21H18N2O4. The Bertz CT molecular complexity index is 1200. The first-order valence-electron chi connectivity index (χ1n) is 8.61. The van der Waals surface area contributed by atoms with Crippen molar-refractivity contribution >= 4 is 28.0 Å².